The number of rotatable bonds is 5. The molecule has 3 rings (SSSR count). The summed E-state index contributed by atoms with van der Waals surface area (Å²) in [5, 5.41) is 11.6. The zero-order valence-corrected chi connectivity index (χ0v) is 17.8. The zero-order chi connectivity index (χ0) is 21.9. The van der Waals surface area contributed by atoms with Crippen molar-refractivity contribution in [2.45, 2.75) is 46.1 Å². The van der Waals surface area contributed by atoms with Gasteiger partial charge in [-0.25, -0.2) is 9.18 Å². The van der Waals surface area contributed by atoms with Crippen LogP contribution in [-0.2, 0) is 9.53 Å². The first-order chi connectivity index (χ1) is 14.2. The first-order valence-corrected chi connectivity index (χ1v) is 10.4. The molecule has 2 amide bonds. The molecule has 0 spiro atoms. The third-order valence-electron chi connectivity index (χ3n) is 5.62. The molecule has 7 nitrogen and oxygen atoms in total. The number of benzene rings is 1. The number of hydrogen-bond donors (Lipinski definition) is 1. The monoisotopic (exact) mass is 416 g/mol. The van der Waals surface area contributed by atoms with Crippen molar-refractivity contribution in [2.75, 3.05) is 36.0 Å². The lowest BCUT2D eigenvalue weighted by molar-refractivity contribution is -0.128. The highest BCUT2D eigenvalue weighted by atomic mass is 19.1. The molecule has 0 saturated carbocycles. The molecule has 2 aliphatic rings. The Hall–Kier alpha value is -2.82. The SMILES string of the molecule is CC(C)(C)C(=O)NC[C@H]1CN(c2ccc(N3CCC(CC#N)CC3)c(F)c2)C(=O)O1. The fourth-order valence-electron chi connectivity index (χ4n) is 3.74. The molecule has 0 radical (unpaired) electrons. The number of amides is 2. The maximum absolute atomic E-state index is 14.8. The van der Waals surface area contributed by atoms with Crippen LogP contribution in [-0.4, -0.2) is 44.3 Å². The number of nitrogens with one attached hydrogen (secondary N) is 1. The number of nitrogens with zero attached hydrogens (tertiary/aromatic N) is 3. The summed E-state index contributed by atoms with van der Waals surface area (Å²) in [6, 6.07) is 6.97. The number of piperidine rings is 1. The summed E-state index contributed by atoms with van der Waals surface area (Å²) in [7, 11) is 0. The molecule has 1 aromatic carbocycles. The number of cyclic esters (lactones) is 1. The van der Waals surface area contributed by atoms with Gasteiger partial charge in [-0.15, -0.1) is 0 Å². The lowest BCUT2D eigenvalue weighted by Crippen LogP contribution is -2.40. The van der Waals surface area contributed by atoms with Crippen LogP contribution in [0.25, 0.3) is 0 Å². The summed E-state index contributed by atoms with van der Waals surface area (Å²) in [6.45, 7) is 7.33. The Labute approximate surface area is 176 Å². The Kier molecular flexibility index (Phi) is 6.49. The molecule has 1 aromatic rings. The lowest BCUT2D eigenvalue weighted by Gasteiger charge is -2.33. The molecule has 1 atom stereocenters. The van der Waals surface area contributed by atoms with Crippen molar-refractivity contribution in [1.29, 1.82) is 5.26 Å². The van der Waals surface area contributed by atoms with Gasteiger partial charge in [0.15, 0.2) is 0 Å². The number of hydrogen-bond acceptors (Lipinski definition) is 5. The molecule has 0 aliphatic carbocycles. The smallest absolute Gasteiger partial charge is 0.414 e. The molecule has 2 fully saturated rings. The summed E-state index contributed by atoms with van der Waals surface area (Å²) in [6.07, 6.45) is 1.26. The zero-order valence-electron chi connectivity index (χ0n) is 17.8. The molecule has 30 heavy (non-hydrogen) atoms. The van der Waals surface area contributed by atoms with Crippen LogP contribution in [0.3, 0.4) is 0 Å². The topological polar surface area (TPSA) is 85.7 Å². The van der Waals surface area contributed by atoms with E-state index in [2.05, 4.69) is 11.4 Å². The van der Waals surface area contributed by atoms with Gasteiger partial charge in [0.05, 0.1) is 30.5 Å². The predicted octanol–water partition coefficient (Wildman–Crippen LogP) is 3.44. The van der Waals surface area contributed by atoms with Crippen LogP contribution >= 0.6 is 0 Å². The van der Waals surface area contributed by atoms with Crippen LogP contribution < -0.4 is 15.1 Å². The van der Waals surface area contributed by atoms with Gasteiger partial charge in [-0.05, 0) is 37.0 Å². The molecule has 2 saturated heterocycles. The first-order valence-electron chi connectivity index (χ1n) is 10.4. The third-order valence-corrected chi connectivity index (χ3v) is 5.62. The highest BCUT2D eigenvalue weighted by molar-refractivity contribution is 5.90. The molecule has 0 bridgehead atoms. The van der Waals surface area contributed by atoms with Gasteiger partial charge in [0.2, 0.25) is 5.91 Å². The summed E-state index contributed by atoms with van der Waals surface area (Å²) < 4.78 is 20.1. The minimum Gasteiger partial charge on any atom is -0.442 e. The van der Waals surface area contributed by atoms with E-state index in [1.54, 1.807) is 12.1 Å². The van der Waals surface area contributed by atoms with Crippen molar-refractivity contribution in [2.24, 2.45) is 11.3 Å². The Morgan fingerprint density at radius 2 is 2.03 bits per heavy atom. The molecule has 0 unspecified atom stereocenters. The normalized spacial score (nSPS) is 20.1. The molecular formula is C22H29FN4O3. The minimum atomic E-state index is -0.547. The van der Waals surface area contributed by atoms with Crippen molar-refractivity contribution in [3.8, 4) is 6.07 Å². The maximum atomic E-state index is 14.8. The van der Waals surface area contributed by atoms with Crippen molar-refractivity contribution in [1.82, 2.24) is 5.32 Å². The molecule has 0 aromatic heterocycles. The number of carbonyl (C=O) groups is 2. The standard InChI is InChI=1S/C22H29FN4O3/c1-22(2,3)20(28)25-13-17-14-27(21(29)30-17)16-4-5-19(18(23)12-16)26-10-7-15(6-9-24)8-11-26/h4-5,12,15,17H,6-8,10-11,13-14H2,1-3H3,(H,25,28)/t17-/m0/s1. The van der Waals surface area contributed by atoms with E-state index in [4.69, 9.17) is 10.00 Å². The van der Waals surface area contributed by atoms with Crippen molar-refractivity contribution in [3.63, 3.8) is 0 Å². The Bertz CT molecular complexity index is 838. The minimum absolute atomic E-state index is 0.120. The van der Waals surface area contributed by atoms with E-state index in [1.807, 2.05) is 25.7 Å². The van der Waals surface area contributed by atoms with Gasteiger partial charge in [-0.2, -0.15) is 5.26 Å². The molecule has 2 aliphatic heterocycles. The lowest BCUT2D eigenvalue weighted by atomic mass is 9.94. The molecular weight excluding hydrogens is 387 g/mol. The van der Waals surface area contributed by atoms with E-state index in [9.17, 15) is 14.0 Å². The van der Waals surface area contributed by atoms with Gasteiger partial charge in [0.1, 0.15) is 11.9 Å². The van der Waals surface area contributed by atoms with Crippen LogP contribution in [0.4, 0.5) is 20.6 Å². The Morgan fingerprint density at radius 1 is 1.33 bits per heavy atom. The number of halogens is 1. The average Bonchev–Trinajstić information content (AvgIpc) is 3.07. The molecule has 1 N–H and O–H groups in total. The van der Waals surface area contributed by atoms with Gasteiger partial charge in [0.25, 0.3) is 0 Å². The Balaban J connectivity index is 1.60. The maximum Gasteiger partial charge on any atom is 0.414 e. The van der Waals surface area contributed by atoms with Crippen LogP contribution in [0.5, 0.6) is 0 Å². The molecule has 162 valence electrons. The Morgan fingerprint density at radius 3 is 2.63 bits per heavy atom. The van der Waals surface area contributed by atoms with E-state index in [0.717, 1.165) is 12.8 Å². The van der Waals surface area contributed by atoms with Gasteiger partial charge in [0, 0.05) is 24.9 Å². The summed E-state index contributed by atoms with van der Waals surface area (Å²) in [5.41, 5.74) is 0.422. The number of carbonyl (C=O) groups excluding carboxylic acids is 2. The first kappa shape index (κ1) is 21.9. The second-order valence-electron chi connectivity index (χ2n) is 9.00. The summed E-state index contributed by atoms with van der Waals surface area (Å²) >= 11 is 0. The van der Waals surface area contributed by atoms with Crippen LogP contribution in [0.15, 0.2) is 18.2 Å². The van der Waals surface area contributed by atoms with Gasteiger partial charge < -0.3 is 15.0 Å². The van der Waals surface area contributed by atoms with Gasteiger partial charge >= 0.3 is 6.09 Å². The fourth-order valence-corrected chi connectivity index (χ4v) is 3.74. The predicted molar refractivity (Wildman–Crippen MR) is 112 cm³/mol. The van der Waals surface area contributed by atoms with Gasteiger partial charge in [-0.1, -0.05) is 20.8 Å². The summed E-state index contributed by atoms with van der Waals surface area (Å²) in [4.78, 5) is 27.6. The van der Waals surface area contributed by atoms with E-state index < -0.39 is 17.6 Å². The summed E-state index contributed by atoms with van der Waals surface area (Å²) in [5.74, 6) is -0.127. The number of nitriles is 1. The number of anilines is 2. The highest BCUT2D eigenvalue weighted by Gasteiger charge is 2.34. The van der Waals surface area contributed by atoms with E-state index in [0.29, 0.717) is 36.8 Å². The van der Waals surface area contributed by atoms with Crippen LogP contribution in [0.2, 0.25) is 0 Å². The molecule has 2 heterocycles. The van der Waals surface area contributed by atoms with Crippen molar-refractivity contribution >= 4 is 23.4 Å². The van der Waals surface area contributed by atoms with E-state index in [-0.39, 0.29) is 24.8 Å². The van der Waals surface area contributed by atoms with Crippen molar-refractivity contribution < 1.29 is 18.7 Å². The molecule has 8 heteroatoms. The average molecular weight is 416 g/mol. The van der Waals surface area contributed by atoms with E-state index >= 15 is 0 Å². The number of ether oxygens (including phenoxy) is 1. The quantitative estimate of drug-likeness (QED) is 0.795. The third kappa shape index (κ3) is 5.02. The van der Waals surface area contributed by atoms with Gasteiger partial charge in [-0.3, -0.25) is 9.69 Å². The van der Waals surface area contributed by atoms with Crippen molar-refractivity contribution in [3.05, 3.63) is 24.0 Å². The second-order valence-corrected chi connectivity index (χ2v) is 9.00. The highest BCUT2D eigenvalue weighted by Crippen LogP contribution is 2.31. The fraction of sp³-hybridized carbons (Fsp3) is 0.591. The van der Waals surface area contributed by atoms with Crippen LogP contribution in [0, 0.1) is 28.5 Å². The van der Waals surface area contributed by atoms with E-state index in [1.165, 1.54) is 11.0 Å². The second kappa shape index (κ2) is 8.90. The largest absolute Gasteiger partial charge is 0.442 e. The van der Waals surface area contributed by atoms with Crippen LogP contribution in [0.1, 0.15) is 40.0 Å².